The molecule has 0 radical (unpaired) electrons. The average molecular weight is 380 g/mol. The summed E-state index contributed by atoms with van der Waals surface area (Å²) in [5, 5.41) is 3.01. The summed E-state index contributed by atoms with van der Waals surface area (Å²) in [5.41, 5.74) is 1.10. The van der Waals surface area contributed by atoms with Gasteiger partial charge in [-0.3, -0.25) is 14.4 Å². The Balaban J connectivity index is 2.33. The molecule has 0 fully saturated rings. The Morgan fingerprint density at radius 3 is 2.42 bits per heavy atom. The molecule has 0 bridgehead atoms. The van der Waals surface area contributed by atoms with Gasteiger partial charge in [-0.05, 0) is 24.8 Å². The first-order valence-electron chi connectivity index (χ1n) is 9.04. The smallest absolute Gasteiger partial charge is 0.305 e. The largest absolute Gasteiger partial charge is 0.469 e. The first kappa shape index (κ1) is 22.2. The maximum atomic E-state index is 12.5. The lowest BCUT2D eigenvalue weighted by atomic mass is 10.00. The lowest BCUT2D eigenvalue weighted by Crippen LogP contribution is -2.34. The van der Waals surface area contributed by atoms with Gasteiger partial charge in [-0.2, -0.15) is 0 Å². The van der Waals surface area contributed by atoms with Gasteiger partial charge >= 0.3 is 5.97 Å². The molecule has 0 spiro atoms. The Hall–Kier alpha value is -1.82. The fourth-order valence-corrected chi connectivity index (χ4v) is 3.25. The van der Waals surface area contributed by atoms with Crippen LogP contribution in [0.3, 0.4) is 0 Å². The number of amides is 1. The predicted molar refractivity (Wildman–Crippen MR) is 105 cm³/mol. The molecule has 26 heavy (non-hydrogen) atoms. The van der Waals surface area contributed by atoms with Gasteiger partial charge in [0.15, 0.2) is 5.12 Å². The summed E-state index contributed by atoms with van der Waals surface area (Å²) in [6, 6.07) is 9.86. The van der Waals surface area contributed by atoms with Crippen molar-refractivity contribution < 1.29 is 19.1 Å². The number of carbonyl (C=O) groups excluding carboxylic acids is 3. The van der Waals surface area contributed by atoms with Gasteiger partial charge in [0.25, 0.3) is 0 Å². The third-order valence-corrected chi connectivity index (χ3v) is 4.99. The van der Waals surface area contributed by atoms with Crippen LogP contribution in [-0.2, 0) is 25.5 Å². The fourth-order valence-electron chi connectivity index (χ4n) is 2.55. The van der Waals surface area contributed by atoms with Crippen molar-refractivity contribution in [3.05, 3.63) is 35.9 Å². The molecule has 1 rings (SSSR count). The Morgan fingerprint density at radius 2 is 1.77 bits per heavy atom. The van der Waals surface area contributed by atoms with Gasteiger partial charge in [0, 0.05) is 25.6 Å². The van der Waals surface area contributed by atoms with E-state index in [0.717, 1.165) is 31.2 Å². The van der Waals surface area contributed by atoms with Crippen LogP contribution in [0.2, 0.25) is 0 Å². The number of hydrogen-bond donors (Lipinski definition) is 1. The highest BCUT2D eigenvalue weighted by Gasteiger charge is 2.19. The third kappa shape index (κ3) is 10.2. The molecule has 0 aliphatic rings. The Bertz CT molecular complexity index is 562. The van der Waals surface area contributed by atoms with Crippen molar-refractivity contribution in [3.8, 4) is 0 Å². The topological polar surface area (TPSA) is 72.5 Å². The van der Waals surface area contributed by atoms with Gasteiger partial charge in [-0.1, -0.05) is 54.9 Å². The molecule has 6 heteroatoms. The van der Waals surface area contributed by atoms with E-state index in [4.69, 9.17) is 0 Å². The van der Waals surface area contributed by atoms with Crippen LogP contribution in [-0.4, -0.2) is 36.4 Å². The highest BCUT2D eigenvalue weighted by atomic mass is 32.2. The summed E-state index contributed by atoms with van der Waals surface area (Å²) in [4.78, 5) is 34.8. The molecule has 0 saturated heterocycles. The van der Waals surface area contributed by atoms with Crippen LogP contribution in [0.15, 0.2) is 30.3 Å². The minimum Gasteiger partial charge on any atom is -0.469 e. The predicted octanol–water partition coefficient (Wildman–Crippen LogP) is 3.36. The number of nitrogens with one attached hydrogen (secondary N) is 1. The van der Waals surface area contributed by atoms with E-state index in [-0.39, 0.29) is 22.9 Å². The zero-order valence-electron chi connectivity index (χ0n) is 15.7. The van der Waals surface area contributed by atoms with Crippen LogP contribution in [0.25, 0.3) is 0 Å². The molecule has 144 valence electrons. The normalized spacial score (nSPS) is 11.6. The monoisotopic (exact) mass is 379 g/mol. The maximum absolute atomic E-state index is 12.5. The molecule has 5 nitrogen and oxygen atoms in total. The van der Waals surface area contributed by atoms with Crippen molar-refractivity contribution in [2.45, 2.75) is 45.4 Å². The second-order valence-corrected chi connectivity index (χ2v) is 7.42. The number of esters is 1. The SMILES string of the molecule is COC(=O)CCCCCCNC(=O)C(CSC(C)=O)Cc1ccccc1. The van der Waals surface area contributed by atoms with Crippen LogP contribution in [0, 0.1) is 5.92 Å². The first-order valence-corrected chi connectivity index (χ1v) is 10.0. The maximum Gasteiger partial charge on any atom is 0.305 e. The van der Waals surface area contributed by atoms with Crippen molar-refractivity contribution in [1.29, 1.82) is 0 Å². The van der Waals surface area contributed by atoms with Gasteiger partial charge < -0.3 is 10.1 Å². The number of methoxy groups -OCH3 is 1. The number of unbranched alkanes of at least 4 members (excludes halogenated alkanes) is 3. The standard InChI is InChI=1S/C20H29NO4S/c1-16(22)26-15-18(14-17-10-6-5-7-11-17)20(24)21-13-9-4-3-8-12-19(23)25-2/h5-7,10-11,18H,3-4,8-9,12-15H2,1-2H3,(H,21,24). The summed E-state index contributed by atoms with van der Waals surface area (Å²) in [6.07, 6.45) is 4.68. The van der Waals surface area contributed by atoms with Crippen molar-refractivity contribution in [2.75, 3.05) is 19.4 Å². The summed E-state index contributed by atoms with van der Waals surface area (Å²) in [5.74, 6) is 0.0997. The van der Waals surface area contributed by atoms with E-state index in [1.807, 2.05) is 30.3 Å². The van der Waals surface area contributed by atoms with E-state index in [2.05, 4.69) is 10.1 Å². The summed E-state index contributed by atoms with van der Waals surface area (Å²) >= 11 is 1.20. The number of benzene rings is 1. The second-order valence-electron chi connectivity index (χ2n) is 6.22. The first-order chi connectivity index (χ1) is 12.5. The van der Waals surface area contributed by atoms with Crippen molar-refractivity contribution >= 4 is 28.8 Å². The van der Waals surface area contributed by atoms with Gasteiger partial charge in [0.1, 0.15) is 0 Å². The fraction of sp³-hybridized carbons (Fsp3) is 0.550. The molecule has 1 unspecified atom stereocenters. The molecule has 1 amide bonds. The van der Waals surface area contributed by atoms with Crippen molar-refractivity contribution in [3.63, 3.8) is 0 Å². The highest BCUT2D eigenvalue weighted by molar-refractivity contribution is 8.13. The molecule has 1 atom stereocenters. The molecular weight excluding hydrogens is 350 g/mol. The molecule has 0 aliphatic carbocycles. The zero-order chi connectivity index (χ0) is 19.2. The molecule has 0 heterocycles. The number of carbonyl (C=O) groups is 3. The Labute approximate surface area is 160 Å². The third-order valence-electron chi connectivity index (χ3n) is 4.02. The van der Waals surface area contributed by atoms with Gasteiger partial charge in [0.2, 0.25) is 5.91 Å². The van der Waals surface area contributed by atoms with Crippen LogP contribution in [0.4, 0.5) is 0 Å². The van der Waals surface area contributed by atoms with E-state index >= 15 is 0 Å². The van der Waals surface area contributed by atoms with E-state index in [9.17, 15) is 14.4 Å². The number of hydrogen-bond acceptors (Lipinski definition) is 5. The van der Waals surface area contributed by atoms with E-state index < -0.39 is 0 Å². The quantitative estimate of drug-likeness (QED) is 0.445. The van der Waals surface area contributed by atoms with Crippen LogP contribution in [0.5, 0.6) is 0 Å². The average Bonchev–Trinajstić information content (AvgIpc) is 2.64. The van der Waals surface area contributed by atoms with Gasteiger partial charge in [0.05, 0.1) is 13.0 Å². The lowest BCUT2D eigenvalue weighted by Gasteiger charge is -2.16. The zero-order valence-corrected chi connectivity index (χ0v) is 16.5. The molecule has 0 aliphatic heterocycles. The lowest BCUT2D eigenvalue weighted by molar-refractivity contribution is -0.140. The molecule has 1 aromatic rings. The Kier molecular flexibility index (Phi) is 11.4. The summed E-state index contributed by atoms with van der Waals surface area (Å²) in [6.45, 7) is 2.14. The van der Waals surface area contributed by atoms with Crippen LogP contribution < -0.4 is 5.32 Å². The number of thioether (sulfide) groups is 1. The van der Waals surface area contributed by atoms with E-state index in [0.29, 0.717) is 25.1 Å². The molecule has 0 saturated carbocycles. The molecule has 1 N–H and O–H groups in total. The van der Waals surface area contributed by atoms with Crippen molar-refractivity contribution in [2.24, 2.45) is 5.92 Å². The number of ether oxygens (including phenoxy) is 1. The van der Waals surface area contributed by atoms with Gasteiger partial charge in [-0.15, -0.1) is 0 Å². The highest BCUT2D eigenvalue weighted by Crippen LogP contribution is 2.16. The second kappa shape index (κ2) is 13.4. The van der Waals surface area contributed by atoms with Gasteiger partial charge in [-0.25, -0.2) is 0 Å². The summed E-state index contributed by atoms with van der Waals surface area (Å²) in [7, 11) is 1.40. The molecular formula is C20H29NO4S. The minimum atomic E-state index is -0.217. The molecule has 1 aromatic carbocycles. The summed E-state index contributed by atoms with van der Waals surface area (Å²) < 4.78 is 4.60. The number of rotatable bonds is 12. The Morgan fingerprint density at radius 1 is 1.08 bits per heavy atom. The van der Waals surface area contributed by atoms with Crippen LogP contribution >= 0.6 is 11.8 Å². The van der Waals surface area contributed by atoms with E-state index in [1.165, 1.54) is 25.8 Å². The van der Waals surface area contributed by atoms with Crippen LogP contribution in [0.1, 0.15) is 44.6 Å². The van der Waals surface area contributed by atoms with E-state index in [1.54, 1.807) is 0 Å². The van der Waals surface area contributed by atoms with Crippen molar-refractivity contribution in [1.82, 2.24) is 5.32 Å². The minimum absolute atomic E-state index is 0.00263. The molecule has 0 aromatic heterocycles.